The van der Waals surface area contributed by atoms with E-state index in [9.17, 15) is 22.8 Å². The molecule has 1 aliphatic rings. The van der Waals surface area contributed by atoms with Crippen LogP contribution in [0.4, 0.5) is 15.4 Å². The number of hydrogen-bond acceptors (Lipinski definition) is 12. The molecule has 0 saturated carbocycles. The van der Waals surface area contributed by atoms with Crippen molar-refractivity contribution >= 4 is 68.0 Å². The molecule has 17 heteroatoms. The number of hydrogen-bond donors (Lipinski definition) is 1. The zero-order valence-electron chi connectivity index (χ0n) is 25.9. The number of ether oxygens (including phenoxy) is 1. The second kappa shape index (κ2) is 14.0. The fourth-order valence-electron chi connectivity index (χ4n) is 5.00. The summed E-state index contributed by atoms with van der Waals surface area (Å²) < 4.78 is 34.4. The molecule has 3 heterocycles. The van der Waals surface area contributed by atoms with E-state index in [0.717, 1.165) is 27.5 Å². The Morgan fingerprint density at radius 1 is 1.02 bits per heavy atom. The minimum absolute atomic E-state index is 0.00133. The lowest BCUT2D eigenvalue weighted by atomic mass is 10.0. The van der Waals surface area contributed by atoms with E-state index >= 15 is 0 Å². The molecule has 3 aromatic carbocycles. The van der Waals surface area contributed by atoms with E-state index in [1.165, 1.54) is 17.9 Å². The number of amidine groups is 1. The summed E-state index contributed by atoms with van der Waals surface area (Å²) in [4.78, 5) is 60.8. The predicted molar refractivity (Wildman–Crippen MR) is 180 cm³/mol. The van der Waals surface area contributed by atoms with Crippen LogP contribution >= 0.6 is 11.3 Å². The smallest absolute Gasteiger partial charge is 0.436 e. The Labute approximate surface area is 284 Å². The first-order chi connectivity index (χ1) is 23.7. The van der Waals surface area contributed by atoms with Crippen LogP contribution in [0.3, 0.4) is 0 Å². The number of aliphatic imine (C=N–C) groups is 2. The topological polar surface area (TPSA) is 178 Å². The number of para-hydroxylation sites is 1. The Morgan fingerprint density at radius 3 is 2.29 bits per heavy atom. The van der Waals surface area contributed by atoms with Gasteiger partial charge < -0.3 is 14.1 Å². The molecule has 0 aliphatic carbocycles. The van der Waals surface area contributed by atoms with Crippen LogP contribution in [-0.4, -0.2) is 83.1 Å². The molecule has 250 valence electrons. The van der Waals surface area contributed by atoms with E-state index in [0.29, 0.717) is 14.5 Å². The van der Waals surface area contributed by atoms with Gasteiger partial charge in [0.2, 0.25) is 4.34 Å². The summed E-state index contributed by atoms with van der Waals surface area (Å²) in [7, 11) is -2.89. The lowest BCUT2D eigenvalue weighted by Gasteiger charge is -2.31. The lowest BCUT2D eigenvalue weighted by Crippen LogP contribution is -2.52. The number of thiazole rings is 1. The number of fused-ring (bicyclic) bond motifs is 1. The van der Waals surface area contributed by atoms with Gasteiger partial charge in [-0.2, -0.15) is 17.8 Å². The molecule has 1 fully saturated rings. The zero-order valence-corrected chi connectivity index (χ0v) is 27.5. The quantitative estimate of drug-likeness (QED) is 0.173. The summed E-state index contributed by atoms with van der Waals surface area (Å²) in [5.74, 6) is -0.617. The maximum absolute atomic E-state index is 13.2. The second-order valence-electron chi connectivity index (χ2n) is 10.4. The average molecular weight is 701 g/mol. The summed E-state index contributed by atoms with van der Waals surface area (Å²) in [5, 5.41) is 3.36. The number of hydroxylamine groups is 2. The number of benzene rings is 3. The van der Waals surface area contributed by atoms with Gasteiger partial charge >= 0.3 is 12.2 Å². The largest absolute Gasteiger partial charge is 0.448 e. The number of carbonyl (C=O) groups is 3. The van der Waals surface area contributed by atoms with Gasteiger partial charge in [-0.1, -0.05) is 72.8 Å². The lowest BCUT2D eigenvalue weighted by molar-refractivity contribution is -0.174. The highest BCUT2D eigenvalue weighted by molar-refractivity contribution is 7.91. The molecule has 0 unspecified atom stereocenters. The third kappa shape index (κ3) is 6.88. The van der Waals surface area contributed by atoms with Crippen LogP contribution in [0.2, 0.25) is 0 Å². The molecule has 0 bridgehead atoms. The molecule has 15 nitrogen and oxygen atoms in total. The molecule has 0 radical (unpaired) electrons. The Hall–Kier alpha value is -5.94. The van der Waals surface area contributed by atoms with Crippen molar-refractivity contribution in [3.8, 4) is 0 Å². The molecule has 2 aromatic heterocycles. The van der Waals surface area contributed by atoms with Gasteiger partial charge in [0.1, 0.15) is 12.2 Å². The molecule has 1 saturated heterocycles. The molecule has 1 N–H and O–H groups in total. The maximum Gasteiger partial charge on any atom is 0.448 e. The SMILES string of the molecule is C=Nc1c(C(=NC)NC(=O)OC(c2ccccc2)c2ccccc2)ncn1CC(=O)N1CCN(S(=O)(=O)c2nc3ccccc3s2)C(=O)O1. The Morgan fingerprint density at radius 2 is 1.67 bits per heavy atom. The summed E-state index contributed by atoms with van der Waals surface area (Å²) in [6, 6.07) is 25.3. The number of imidazole rings is 1. The third-order valence-corrected chi connectivity index (χ3v) is 10.5. The van der Waals surface area contributed by atoms with E-state index in [4.69, 9.17) is 9.57 Å². The van der Waals surface area contributed by atoms with Gasteiger partial charge in [-0.25, -0.2) is 24.5 Å². The minimum Gasteiger partial charge on any atom is -0.436 e. The van der Waals surface area contributed by atoms with Crippen molar-refractivity contribution in [3.63, 3.8) is 0 Å². The van der Waals surface area contributed by atoms with Gasteiger partial charge in [-0.3, -0.25) is 15.1 Å². The van der Waals surface area contributed by atoms with E-state index < -0.39 is 40.8 Å². The number of amides is 3. The number of nitrogens with zero attached hydrogens (tertiary/aromatic N) is 7. The zero-order chi connectivity index (χ0) is 34.5. The van der Waals surface area contributed by atoms with Crippen LogP contribution in [0.15, 0.2) is 106 Å². The molecule has 1 aliphatic heterocycles. The van der Waals surface area contributed by atoms with Crippen molar-refractivity contribution in [3.05, 3.63) is 108 Å². The number of carbonyl (C=O) groups excluding carboxylic acids is 3. The molecule has 0 atom stereocenters. The summed E-state index contributed by atoms with van der Waals surface area (Å²) >= 11 is 0.924. The normalized spacial score (nSPS) is 13.8. The highest BCUT2D eigenvalue weighted by Gasteiger charge is 2.39. The van der Waals surface area contributed by atoms with Crippen molar-refractivity contribution in [2.24, 2.45) is 9.98 Å². The molecule has 5 aromatic rings. The molecule has 6 rings (SSSR count). The fraction of sp³-hybridized carbons (Fsp3) is 0.156. The minimum atomic E-state index is -4.32. The van der Waals surface area contributed by atoms with Crippen LogP contribution in [0.25, 0.3) is 10.2 Å². The van der Waals surface area contributed by atoms with E-state index in [2.05, 4.69) is 32.0 Å². The van der Waals surface area contributed by atoms with Gasteiger partial charge in [0.15, 0.2) is 17.8 Å². The van der Waals surface area contributed by atoms with Gasteiger partial charge in [-0.15, -0.1) is 11.3 Å². The first-order valence-corrected chi connectivity index (χ1v) is 16.9. The predicted octanol–water partition coefficient (Wildman–Crippen LogP) is 4.30. The first-order valence-electron chi connectivity index (χ1n) is 14.7. The van der Waals surface area contributed by atoms with Crippen molar-refractivity contribution in [2.45, 2.75) is 17.0 Å². The van der Waals surface area contributed by atoms with Gasteiger partial charge in [0.25, 0.3) is 15.9 Å². The fourth-order valence-corrected chi connectivity index (χ4v) is 7.61. The molecule has 3 amide bonds. The van der Waals surface area contributed by atoms with Crippen LogP contribution in [0.5, 0.6) is 0 Å². The van der Waals surface area contributed by atoms with E-state index in [-0.39, 0.29) is 34.8 Å². The summed E-state index contributed by atoms with van der Waals surface area (Å²) in [6.07, 6.45) is -1.50. The number of alkyl carbamates (subject to hydrolysis) is 1. The van der Waals surface area contributed by atoms with Crippen molar-refractivity contribution in [2.75, 3.05) is 20.1 Å². The van der Waals surface area contributed by atoms with Gasteiger partial charge in [0, 0.05) is 7.05 Å². The standard InChI is InChI=1S/C32H28N8O7S2/c1-33-28(37-30(42)46-27(21-11-5-3-6-12-21)22-13-7-4-8-14-22)26-29(34-2)38(20-35-26)19-25(41)39-17-18-40(32(43)47-39)49(44,45)31-36-23-15-9-10-16-24(23)48-31/h3-16,20,27H,2,17-19H2,1H3,(H,33,37,42). The summed E-state index contributed by atoms with van der Waals surface area (Å²) in [5.41, 5.74) is 2.09. The highest BCUT2D eigenvalue weighted by Crippen LogP contribution is 2.29. The average Bonchev–Trinajstić information content (AvgIpc) is 3.75. The molecular formula is C32H28N8O7S2. The Balaban J connectivity index is 1.12. The highest BCUT2D eigenvalue weighted by atomic mass is 32.2. The van der Waals surface area contributed by atoms with Crippen LogP contribution in [0.1, 0.15) is 22.9 Å². The molecular weight excluding hydrogens is 673 g/mol. The maximum atomic E-state index is 13.2. The van der Waals surface area contributed by atoms with Gasteiger partial charge in [0.05, 0.1) is 29.6 Å². The summed E-state index contributed by atoms with van der Waals surface area (Å²) in [6.45, 7) is 2.56. The van der Waals surface area contributed by atoms with E-state index in [1.54, 1.807) is 24.3 Å². The van der Waals surface area contributed by atoms with Crippen molar-refractivity contribution in [1.82, 2.24) is 29.2 Å². The second-order valence-corrected chi connectivity index (χ2v) is 13.5. The van der Waals surface area contributed by atoms with Crippen LogP contribution in [-0.2, 0) is 30.9 Å². The molecule has 49 heavy (non-hydrogen) atoms. The number of nitrogens with one attached hydrogen (secondary N) is 1. The Kier molecular flexibility index (Phi) is 9.45. The third-order valence-electron chi connectivity index (χ3n) is 7.32. The van der Waals surface area contributed by atoms with Gasteiger partial charge in [-0.05, 0) is 30.0 Å². The number of rotatable bonds is 9. The van der Waals surface area contributed by atoms with Crippen LogP contribution < -0.4 is 5.32 Å². The van der Waals surface area contributed by atoms with E-state index in [1.807, 2.05) is 60.7 Å². The van der Waals surface area contributed by atoms with Crippen molar-refractivity contribution in [1.29, 1.82) is 0 Å². The first kappa shape index (κ1) is 33.0. The molecule has 0 spiro atoms. The monoisotopic (exact) mass is 700 g/mol. The van der Waals surface area contributed by atoms with Crippen molar-refractivity contribution < 1.29 is 32.4 Å². The number of sulfonamides is 1. The Bertz CT molecular complexity index is 2100. The van der Waals surface area contributed by atoms with Crippen LogP contribution in [0, 0.1) is 0 Å². The number of aromatic nitrogens is 3.